The summed E-state index contributed by atoms with van der Waals surface area (Å²) in [6, 6.07) is 37.2. The van der Waals surface area contributed by atoms with E-state index in [0.29, 0.717) is 55.4 Å². The van der Waals surface area contributed by atoms with E-state index in [1.54, 1.807) is 84.9 Å². The van der Waals surface area contributed by atoms with Crippen LogP contribution in [0.5, 0.6) is 34.5 Å². The van der Waals surface area contributed by atoms with Gasteiger partial charge in [-0.1, -0.05) is 48.2 Å². The molecule has 3 aromatic heterocycles. The Morgan fingerprint density at radius 3 is 1.14 bits per heavy atom. The van der Waals surface area contributed by atoms with Crippen LogP contribution in [0.15, 0.2) is 173 Å². The van der Waals surface area contributed by atoms with Crippen molar-refractivity contribution in [3.05, 3.63) is 176 Å². The molecule has 0 radical (unpaired) electrons. The summed E-state index contributed by atoms with van der Waals surface area (Å²) in [5.41, 5.74) is 1.99. The molecule has 614 valence electrons. The van der Waals surface area contributed by atoms with E-state index >= 15 is 0 Å². The topological polar surface area (TPSA) is 475 Å². The van der Waals surface area contributed by atoms with Crippen LogP contribution in [0.1, 0.15) is 62.3 Å². The van der Waals surface area contributed by atoms with Crippen molar-refractivity contribution in [2.75, 3.05) is 33.0 Å². The van der Waals surface area contributed by atoms with Crippen molar-refractivity contribution in [3.63, 3.8) is 0 Å². The number of hydrogen-bond acceptors (Lipinski definition) is 33. The molecule has 116 heavy (non-hydrogen) atoms. The smallest absolute Gasteiger partial charge is 0.870 e. The van der Waals surface area contributed by atoms with Gasteiger partial charge >= 0.3 is 78.9 Å². The van der Waals surface area contributed by atoms with Crippen LogP contribution in [0.2, 0.25) is 0 Å². The monoisotopic (exact) mass is 1630 g/mol. The minimum atomic E-state index is -3.67. The zero-order valence-electron chi connectivity index (χ0n) is 63.7. The van der Waals surface area contributed by atoms with E-state index in [0.717, 1.165) is 47.8 Å². The summed E-state index contributed by atoms with van der Waals surface area (Å²) in [4.78, 5) is 116. The van der Waals surface area contributed by atoms with Gasteiger partial charge in [-0.05, 0) is 98.8 Å². The predicted octanol–water partition coefficient (Wildman–Crippen LogP) is 4.55. The number of fused-ring (bicyclic) bond motifs is 3. The van der Waals surface area contributed by atoms with Crippen molar-refractivity contribution < 1.29 is 187 Å². The van der Waals surface area contributed by atoms with Gasteiger partial charge in [-0.3, -0.25) is 60.9 Å². The van der Waals surface area contributed by atoms with Gasteiger partial charge < -0.3 is 111 Å². The van der Waals surface area contributed by atoms with Gasteiger partial charge in [0.15, 0.2) is 51.5 Å². The molecule has 38 heteroatoms. The summed E-state index contributed by atoms with van der Waals surface area (Å²) in [6.07, 6.45) is -14.1. The molecule has 12 rings (SSSR count). The average molecular weight is 1640 g/mol. The Kier molecular flexibility index (Phi) is 35.8. The first-order chi connectivity index (χ1) is 54.6. The fourth-order valence-corrected chi connectivity index (χ4v) is 11.1. The number of carbonyl (C=O) groups is 7. The number of aliphatic hydroxyl groups excluding tert-OH is 3. The molecule has 6 heterocycles. The number of halogens is 3. The largest absolute Gasteiger partial charge is 1.00 e. The standard InChI is InChI=1S/C26H24O11.C20H18O8.C15H10O4.C13H18O9.C4H10O.BF3.Na/c1-13(27)32-12-23-24(33-14(2)28)25(34-15(3)29)26(37-23)36-21-9-8-16(10-19(21)31)22-11-18(30)17-6-4-5-7-20(17)35-22;21-9-17-18(24)19(25)20(28-17)27-15-6-5-10(7-13(15)23)16-8-12(22)11-3-1-2-4-14(11)26-16;16-11-6-5-9(7-13(11)18)15-8-12(17)10-3-1-2-4-14(10)19-15;1-6(14)18-5-10-11(19-7(2)15)12(20-8(3)16)13(22-10)21-9(4)17;1-3-5-4-2;2-1(3)4;/h4-11,23-26,31H,12H2,1-3H3;1-8,17-21,23-25H,9H2;1-8,16,18H;10-13H,5H2,1-4H3;3-4H2,1-2H3;;/q;;;;;;+1/p-1. The molecule has 12 unspecified atom stereocenters. The van der Waals surface area contributed by atoms with Crippen molar-refractivity contribution in [2.45, 2.75) is 136 Å². The number of esters is 7. The second-order valence-corrected chi connectivity index (χ2v) is 24.5. The molecule has 0 aliphatic carbocycles. The molecule has 3 fully saturated rings. The zero-order valence-corrected chi connectivity index (χ0v) is 65.7. The van der Waals surface area contributed by atoms with Crippen molar-refractivity contribution in [1.29, 1.82) is 0 Å². The number of phenols is 3. The average Bonchev–Trinajstić information content (AvgIpc) is 1.24. The molecule has 3 aliphatic heterocycles. The van der Waals surface area contributed by atoms with Crippen molar-refractivity contribution >= 4 is 82.2 Å². The maximum absolute atomic E-state index is 12.4. The molecule has 0 spiro atoms. The SMILES string of the molecule is CC(=O)OCC1OC(OC(C)=O)C(OC(C)=O)C1OC(C)=O.CC(=O)OCC1OC(Oc2ccc(-c3cc(=O)c4ccccc4o3)cc2O)C(OC(C)=O)C1OC(C)=O.CCOCC.FB(F)F.O=c1cc(-c2ccc(O)c(O)c2)oc2ccccc12.O=c1cc(-c2ccc(OC3OC(CO)C(O)C3O)c([O-])c2)oc2ccccc12.[Na+]. The number of carbonyl (C=O) groups excluding carboxylic acids is 7. The number of rotatable bonds is 19. The van der Waals surface area contributed by atoms with Crippen LogP contribution in [0.4, 0.5) is 12.9 Å². The Labute approximate surface area is 679 Å². The van der Waals surface area contributed by atoms with Gasteiger partial charge in [-0.15, -0.1) is 0 Å². The van der Waals surface area contributed by atoms with E-state index in [9.17, 15) is 91.5 Å². The molecule has 33 nitrogen and oxygen atoms in total. The molecular weight excluding hydrogens is 1560 g/mol. The molecule has 6 N–H and O–H groups in total. The molecule has 9 aromatic rings. The number of aromatic hydroxyl groups is 3. The van der Waals surface area contributed by atoms with Gasteiger partial charge in [-0.2, -0.15) is 0 Å². The van der Waals surface area contributed by atoms with Gasteiger partial charge in [0.25, 0.3) is 0 Å². The Morgan fingerprint density at radius 1 is 0.422 bits per heavy atom. The van der Waals surface area contributed by atoms with E-state index in [2.05, 4.69) is 0 Å². The Hall–Kier alpha value is -11.4. The number of hydrogen-bond donors (Lipinski definition) is 6. The van der Waals surface area contributed by atoms with Crippen molar-refractivity contribution in [3.8, 4) is 68.5 Å². The fraction of sp³-hybridized carbons (Fsp3) is 0.333. The first kappa shape index (κ1) is 93.5. The molecule has 3 aliphatic rings. The quantitative estimate of drug-likeness (QED) is 0.0280. The number of para-hydroxylation sites is 3. The van der Waals surface area contributed by atoms with Crippen LogP contribution in [0.25, 0.3) is 66.9 Å². The Balaban J connectivity index is 0.000000237. The third-order valence-electron chi connectivity index (χ3n) is 16.0. The molecule has 6 aromatic carbocycles. The maximum Gasteiger partial charge on any atom is 1.00 e. The summed E-state index contributed by atoms with van der Waals surface area (Å²) in [6.45, 7) is 12.8. The van der Waals surface area contributed by atoms with Crippen molar-refractivity contribution in [1.82, 2.24) is 0 Å². The van der Waals surface area contributed by atoms with E-state index in [-0.39, 0.29) is 99.3 Å². The third kappa shape index (κ3) is 26.9. The van der Waals surface area contributed by atoms with E-state index in [1.165, 1.54) is 74.5 Å². The van der Waals surface area contributed by atoms with Gasteiger partial charge in [0.05, 0.1) is 22.8 Å². The second-order valence-electron chi connectivity index (χ2n) is 24.5. The summed E-state index contributed by atoms with van der Waals surface area (Å²) < 4.78 is 114. The van der Waals surface area contributed by atoms with E-state index in [4.69, 9.17) is 79.9 Å². The van der Waals surface area contributed by atoms with Crippen LogP contribution in [-0.2, 0) is 85.7 Å². The molecule has 0 amide bonds. The first-order valence-electron chi connectivity index (χ1n) is 34.8. The summed E-state index contributed by atoms with van der Waals surface area (Å²) in [5, 5.41) is 71.9. The summed E-state index contributed by atoms with van der Waals surface area (Å²) in [5.74, 6) is -5.19. The predicted molar refractivity (Wildman–Crippen MR) is 393 cm³/mol. The van der Waals surface area contributed by atoms with E-state index in [1.807, 2.05) is 13.8 Å². The number of phenolic OH excluding ortho intramolecular Hbond substituents is 3. The molecule has 12 atom stereocenters. The molecule has 0 bridgehead atoms. The normalized spacial score (nSPS) is 20.0. The Bertz CT molecular complexity index is 5050. The molecular formula is C78H79BF3NaO33. The van der Waals surface area contributed by atoms with Gasteiger partial charge in [0.1, 0.15) is 83.5 Å². The summed E-state index contributed by atoms with van der Waals surface area (Å²) >= 11 is 0. The first-order valence-corrected chi connectivity index (χ1v) is 34.8. The molecule has 0 saturated carbocycles. The summed E-state index contributed by atoms with van der Waals surface area (Å²) in [7, 11) is -3.67. The second kappa shape index (κ2) is 44.5. The zero-order chi connectivity index (χ0) is 84.5. The van der Waals surface area contributed by atoms with Gasteiger partial charge in [0, 0.05) is 96.6 Å². The minimum Gasteiger partial charge on any atom is -0.870 e. The van der Waals surface area contributed by atoms with Crippen LogP contribution in [0, 0.1) is 0 Å². The third-order valence-corrected chi connectivity index (χ3v) is 16.0. The fourth-order valence-electron chi connectivity index (χ4n) is 11.1. The van der Waals surface area contributed by atoms with Gasteiger partial charge in [0.2, 0.25) is 31.1 Å². The number of ether oxygens (including phenoxy) is 13. The molecule has 3 saturated heterocycles. The maximum atomic E-state index is 12.4. The number of benzene rings is 6. The minimum absolute atomic E-state index is 0. The van der Waals surface area contributed by atoms with Crippen LogP contribution in [-0.4, -0.2) is 187 Å². The van der Waals surface area contributed by atoms with Crippen LogP contribution >= 0.6 is 0 Å². The number of aliphatic hydroxyl groups is 3. The van der Waals surface area contributed by atoms with Gasteiger partial charge in [-0.25, -0.2) is 0 Å². The van der Waals surface area contributed by atoms with Crippen LogP contribution in [0.3, 0.4) is 0 Å². The van der Waals surface area contributed by atoms with Crippen LogP contribution < -0.4 is 60.4 Å². The Morgan fingerprint density at radius 2 is 0.776 bits per heavy atom. The van der Waals surface area contributed by atoms with E-state index < -0.39 is 135 Å². The van der Waals surface area contributed by atoms with Crippen molar-refractivity contribution in [2.24, 2.45) is 0 Å².